The predicted molar refractivity (Wildman–Crippen MR) is 86.6 cm³/mol. The Balaban J connectivity index is 1.80. The van der Waals surface area contributed by atoms with E-state index in [4.69, 9.17) is 4.84 Å². The molecule has 3 rings (SSSR count). The SMILES string of the molecule is CS(=O)Cc1cccc(C(=O)ON2C(=O)c3ccccc3C2=O)c1. The van der Waals surface area contributed by atoms with Gasteiger partial charge < -0.3 is 4.84 Å². The molecule has 7 heteroatoms. The third-order valence-electron chi connectivity index (χ3n) is 3.46. The molecular weight excluding hydrogens is 330 g/mol. The Morgan fingerprint density at radius 1 is 1.04 bits per heavy atom. The van der Waals surface area contributed by atoms with Crippen molar-refractivity contribution in [2.45, 2.75) is 5.75 Å². The van der Waals surface area contributed by atoms with Crippen LogP contribution < -0.4 is 0 Å². The summed E-state index contributed by atoms with van der Waals surface area (Å²) in [7, 11) is -1.05. The van der Waals surface area contributed by atoms with E-state index in [1.807, 2.05) is 0 Å². The molecule has 2 amide bonds. The summed E-state index contributed by atoms with van der Waals surface area (Å²) >= 11 is 0. The molecule has 0 saturated carbocycles. The topological polar surface area (TPSA) is 80.8 Å². The fourth-order valence-corrected chi connectivity index (χ4v) is 3.06. The fourth-order valence-electron chi connectivity index (χ4n) is 2.41. The van der Waals surface area contributed by atoms with Gasteiger partial charge in [-0.2, -0.15) is 0 Å². The van der Waals surface area contributed by atoms with Gasteiger partial charge in [0, 0.05) is 22.8 Å². The summed E-state index contributed by atoms with van der Waals surface area (Å²) < 4.78 is 11.3. The number of carbonyl (C=O) groups is 3. The first kappa shape index (κ1) is 16.1. The van der Waals surface area contributed by atoms with Gasteiger partial charge in [0.2, 0.25) is 0 Å². The zero-order chi connectivity index (χ0) is 17.3. The van der Waals surface area contributed by atoms with Crippen LogP contribution >= 0.6 is 0 Å². The van der Waals surface area contributed by atoms with Crippen molar-refractivity contribution in [2.75, 3.05) is 6.26 Å². The second-order valence-electron chi connectivity index (χ2n) is 5.25. The number of hydroxylamine groups is 2. The van der Waals surface area contributed by atoms with E-state index in [2.05, 4.69) is 0 Å². The van der Waals surface area contributed by atoms with Crippen LogP contribution in [0.15, 0.2) is 48.5 Å². The standard InChI is InChI=1S/C17H13NO5S/c1-24(22)10-11-5-4-6-12(9-11)17(21)23-18-15(19)13-7-2-3-8-14(13)16(18)20/h2-9H,10H2,1H3. The van der Waals surface area contributed by atoms with Gasteiger partial charge in [-0.05, 0) is 29.8 Å². The van der Waals surface area contributed by atoms with E-state index in [-0.39, 0.29) is 16.7 Å². The van der Waals surface area contributed by atoms with Gasteiger partial charge in [-0.1, -0.05) is 29.3 Å². The minimum Gasteiger partial charge on any atom is -0.324 e. The van der Waals surface area contributed by atoms with Crippen molar-refractivity contribution in [1.82, 2.24) is 5.06 Å². The molecule has 24 heavy (non-hydrogen) atoms. The molecular formula is C17H13NO5S. The number of carbonyl (C=O) groups excluding carboxylic acids is 3. The molecule has 1 heterocycles. The molecule has 0 spiro atoms. The molecule has 0 fully saturated rings. The first-order valence-corrected chi connectivity index (χ1v) is 8.79. The van der Waals surface area contributed by atoms with Gasteiger partial charge in [0.15, 0.2) is 0 Å². The third-order valence-corrected chi connectivity index (χ3v) is 4.20. The second-order valence-corrected chi connectivity index (χ2v) is 6.68. The van der Waals surface area contributed by atoms with Crippen LogP contribution in [0.1, 0.15) is 36.6 Å². The number of nitrogens with zero attached hydrogens (tertiary/aromatic N) is 1. The Hall–Kier alpha value is -2.80. The van der Waals surface area contributed by atoms with Gasteiger partial charge in [0.1, 0.15) is 0 Å². The molecule has 0 bridgehead atoms. The maximum absolute atomic E-state index is 12.2. The van der Waals surface area contributed by atoms with Crippen LogP contribution in [0.5, 0.6) is 0 Å². The third kappa shape index (κ3) is 2.98. The van der Waals surface area contributed by atoms with E-state index in [9.17, 15) is 18.6 Å². The van der Waals surface area contributed by atoms with Crippen molar-refractivity contribution in [2.24, 2.45) is 0 Å². The van der Waals surface area contributed by atoms with Crippen LogP contribution in [0.2, 0.25) is 0 Å². The van der Waals surface area contributed by atoms with Crippen molar-refractivity contribution in [3.63, 3.8) is 0 Å². The molecule has 2 aromatic carbocycles. The van der Waals surface area contributed by atoms with Gasteiger partial charge in [-0.3, -0.25) is 13.8 Å². The minimum atomic E-state index is -1.05. The summed E-state index contributed by atoms with van der Waals surface area (Å²) in [4.78, 5) is 41.6. The summed E-state index contributed by atoms with van der Waals surface area (Å²) in [5.74, 6) is -1.87. The number of fused-ring (bicyclic) bond motifs is 1. The van der Waals surface area contributed by atoms with E-state index in [0.29, 0.717) is 16.4 Å². The molecule has 0 N–H and O–H groups in total. The van der Waals surface area contributed by atoms with Crippen molar-refractivity contribution in [3.05, 3.63) is 70.8 Å². The molecule has 122 valence electrons. The first-order chi connectivity index (χ1) is 11.5. The highest BCUT2D eigenvalue weighted by molar-refractivity contribution is 7.83. The number of hydrogen-bond acceptors (Lipinski definition) is 5. The Bertz CT molecular complexity index is 842. The quantitative estimate of drug-likeness (QED) is 0.793. The lowest BCUT2D eigenvalue weighted by Gasteiger charge is -2.13. The molecule has 0 aliphatic carbocycles. The lowest BCUT2D eigenvalue weighted by molar-refractivity contribution is -0.0584. The number of rotatable bonds is 4. The van der Waals surface area contributed by atoms with Crippen molar-refractivity contribution < 1.29 is 23.4 Å². The summed E-state index contributed by atoms with van der Waals surface area (Å²) in [6, 6.07) is 12.7. The van der Waals surface area contributed by atoms with Gasteiger partial charge >= 0.3 is 5.97 Å². The van der Waals surface area contributed by atoms with E-state index in [1.54, 1.807) is 30.5 Å². The van der Waals surface area contributed by atoms with Crippen molar-refractivity contribution in [1.29, 1.82) is 0 Å². The monoisotopic (exact) mass is 343 g/mol. The Labute approximate surface area is 140 Å². The highest BCUT2D eigenvalue weighted by atomic mass is 32.2. The Kier molecular flexibility index (Phi) is 4.26. The molecule has 2 aromatic rings. The average molecular weight is 343 g/mol. The van der Waals surface area contributed by atoms with Crippen LogP contribution in [0.3, 0.4) is 0 Å². The van der Waals surface area contributed by atoms with E-state index < -0.39 is 28.6 Å². The van der Waals surface area contributed by atoms with Gasteiger partial charge in [0.25, 0.3) is 11.8 Å². The minimum absolute atomic E-state index is 0.175. The molecule has 0 radical (unpaired) electrons. The van der Waals surface area contributed by atoms with E-state index in [0.717, 1.165) is 0 Å². The fraction of sp³-hybridized carbons (Fsp3) is 0.118. The first-order valence-electron chi connectivity index (χ1n) is 7.06. The van der Waals surface area contributed by atoms with Gasteiger partial charge in [-0.15, -0.1) is 0 Å². The van der Waals surface area contributed by atoms with Crippen LogP contribution in [0, 0.1) is 0 Å². The van der Waals surface area contributed by atoms with Crippen LogP contribution in [0.4, 0.5) is 0 Å². The number of amides is 2. The van der Waals surface area contributed by atoms with Crippen molar-refractivity contribution >= 4 is 28.6 Å². The summed E-state index contributed by atoms with van der Waals surface area (Å²) in [6.07, 6.45) is 1.56. The lowest BCUT2D eigenvalue weighted by atomic mass is 10.1. The lowest BCUT2D eigenvalue weighted by Crippen LogP contribution is -2.32. The van der Waals surface area contributed by atoms with Crippen LogP contribution in [-0.4, -0.2) is 33.3 Å². The smallest absolute Gasteiger partial charge is 0.324 e. The number of hydrogen-bond donors (Lipinski definition) is 0. The van der Waals surface area contributed by atoms with Gasteiger partial charge in [-0.25, -0.2) is 4.79 Å². The van der Waals surface area contributed by atoms with Crippen molar-refractivity contribution in [3.8, 4) is 0 Å². The zero-order valence-electron chi connectivity index (χ0n) is 12.7. The summed E-state index contributed by atoms with van der Waals surface area (Å²) in [5.41, 5.74) is 1.28. The second kappa shape index (κ2) is 6.37. The summed E-state index contributed by atoms with van der Waals surface area (Å²) in [6.45, 7) is 0. The number of imide groups is 1. The summed E-state index contributed by atoms with van der Waals surface area (Å²) in [5, 5.41) is 0.470. The van der Waals surface area contributed by atoms with Gasteiger partial charge in [0.05, 0.1) is 16.7 Å². The van der Waals surface area contributed by atoms with E-state index >= 15 is 0 Å². The molecule has 0 aromatic heterocycles. The maximum atomic E-state index is 12.2. The molecule has 6 nitrogen and oxygen atoms in total. The largest absolute Gasteiger partial charge is 0.363 e. The highest BCUT2D eigenvalue weighted by Crippen LogP contribution is 2.23. The predicted octanol–water partition coefficient (Wildman–Crippen LogP) is 1.93. The molecule has 1 aliphatic heterocycles. The Morgan fingerprint density at radius 2 is 1.67 bits per heavy atom. The molecule has 1 unspecified atom stereocenters. The molecule has 0 saturated heterocycles. The maximum Gasteiger partial charge on any atom is 0.363 e. The zero-order valence-corrected chi connectivity index (χ0v) is 13.5. The Morgan fingerprint density at radius 3 is 2.25 bits per heavy atom. The number of benzene rings is 2. The molecule has 1 atom stereocenters. The average Bonchev–Trinajstić information content (AvgIpc) is 2.80. The highest BCUT2D eigenvalue weighted by Gasteiger charge is 2.38. The van der Waals surface area contributed by atoms with Crippen LogP contribution in [-0.2, 0) is 21.4 Å². The normalized spacial score (nSPS) is 14.5. The van der Waals surface area contributed by atoms with Crippen LogP contribution in [0.25, 0.3) is 0 Å². The molecule has 1 aliphatic rings. The van der Waals surface area contributed by atoms with E-state index in [1.165, 1.54) is 24.3 Å².